The molecular weight excluding hydrogens is 388 g/mol. The number of aromatic nitrogens is 3. The van der Waals surface area contributed by atoms with Crippen LogP contribution in [0.4, 0.5) is 5.69 Å². The Hall–Kier alpha value is -3.19. The van der Waals surface area contributed by atoms with Crippen LogP contribution in [0.5, 0.6) is 0 Å². The van der Waals surface area contributed by atoms with Crippen LogP contribution in [-0.4, -0.2) is 57.8 Å². The maximum atomic E-state index is 12.6. The third kappa shape index (κ3) is 5.49. The van der Waals surface area contributed by atoms with Gasteiger partial charge in [-0.3, -0.25) is 9.69 Å². The Kier molecular flexibility index (Phi) is 6.62. The number of nitrogens with one attached hydrogen (secondary N) is 1. The molecule has 7 nitrogen and oxygen atoms in total. The molecule has 1 saturated heterocycles. The van der Waals surface area contributed by atoms with Crippen molar-refractivity contribution in [3.8, 4) is 0 Å². The Morgan fingerprint density at radius 1 is 1.03 bits per heavy atom. The van der Waals surface area contributed by atoms with Crippen molar-refractivity contribution in [3.05, 3.63) is 77.9 Å². The summed E-state index contributed by atoms with van der Waals surface area (Å²) >= 11 is 0. The highest BCUT2D eigenvalue weighted by Crippen LogP contribution is 2.18. The highest BCUT2D eigenvalue weighted by atomic mass is 16.1. The smallest absolute Gasteiger partial charge is 0.251 e. The third-order valence-corrected chi connectivity index (χ3v) is 5.79. The van der Waals surface area contributed by atoms with Crippen LogP contribution < -0.4 is 10.2 Å². The molecule has 0 spiro atoms. The first-order valence-electron chi connectivity index (χ1n) is 10.9. The van der Waals surface area contributed by atoms with Gasteiger partial charge < -0.3 is 10.2 Å². The van der Waals surface area contributed by atoms with E-state index >= 15 is 0 Å². The Bertz CT molecular complexity index is 976. The van der Waals surface area contributed by atoms with Gasteiger partial charge in [0.15, 0.2) is 0 Å². The van der Waals surface area contributed by atoms with E-state index < -0.39 is 0 Å². The van der Waals surface area contributed by atoms with E-state index in [1.54, 1.807) is 11.0 Å². The van der Waals surface area contributed by atoms with E-state index in [9.17, 15) is 4.79 Å². The van der Waals surface area contributed by atoms with Crippen molar-refractivity contribution < 1.29 is 4.79 Å². The van der Waals surface area contributed by atoms with Crippen molar-refractivity contribution in [2.75, 3.05) is 31.1 Å². The number of amides is 1. The van der Waals surface area contributed by atoms with Gasteiger partial charge in [0.2, 0.25) is 0 Å². The first kappa shape index (κ1) is 21.1. The molecule has 0 bridgehead atoms. The van der Waals surface area contributed by atoms with Gasteiger partial charge in [0.25, 0.3) is 5.91 Å². The minimum absolute atomic E-state index is 0.0575. The molecule has 1 aromatic heterocycles. The number of rotatable bonds is 7. The molecule has 1 fully saturated rings. The van der Waals surface area contributed by atoms with E-state index in [1.807, 2.05) is 30.3 Å². The molecule has 1 amide bonds. The molecule has 3 aromatic rings. The first-order chi connectivity index (χ1) is 15.1. The monoisotopic (exact) mass is 418 g/mol. The Morgan fingerprint density at radius 2 is 1.77 bits per heavy atom. The minimum Gasteiger partial charge on any atom is -0.369 e. The molecule has 162 valence electrons. The topological polar surface area (TPSA) is 66.3 Å². The fourth-order valence-electron chi connectivity index (χ4n) is 3.94. The summed E-state index contributed by atoms with van der Waals surface area (Å²) in [4.78, 5) is 21.5. The lowest BCUT2D eigenvalue weighted by Crippen LogP contribution is -2.48. The van der Waals surface area contributed by atoms with Crippen molar-refractivity contribution in [1.82, 2.24) is 25.0 Å². The normalized spacial score (nSPS) is 14.7. The number of hydrogen-bond acceptors (Lipinski definition) is 5. The van der Waals surface area contributed by atoms with Crippen molar-refractivity contribution in [2.24, 2.45) is 0 Å². The second-order valence-electron chi connectivity index (χ2n) is 8.26. The van der Waals surface area contributed by atoms with Gasteiger partial charge in [0.1, 0.15) is 12.7 Å². The number of hydrogen-bond donors (Lipinski definition) is 1. The van der Waals surface area contributed by atoms with E-state index in [0.29, 0.717) is 24.7 Å². The first-order valence-corrected chi connectivity index (χ1v) is 10.9. The summed E-state index contributed by atoms with van der Waals surface area (Å²) in [5, 5.41) is 7.16. The standard InChI is InChI=1S/C24H30N6O/c1-19(2)28-10-12-29(13-11-28)23-8-6-22(7-9-23)24(31)26-15-20-4-3-5-21(14-20)16-30-18-25-17-27-30/h3-9,14,17-19H,10-13,15-16H2,1-2H3,(H,26,31). The largest absolute Gasteiger partial charge is 0.369 e. The Morgan fingerprint density at radius 3 is 2.45 bits per heavy atom. The summed E-state index contributed by atoms with van der Waals surface area (Å²) in [6, 6.07) is 16.7. The molecule has 4 rings (SSSR count). The molecule has 0 saturated carbocycles. The molecule has 31 heavy (non-hydrogen) atoms. The van der Waals surface area contributed by atoms with Gasteiger partial charge in [0.05, 0.1) is 6.54 Å². The van der Waals surface area contributed by atoms with Gasteiger partial charge in [0, 0.05) is 50.0 Å². The summed E-state index contributed by atoms with van der Waals surface area (Å²) < 4.78 is 1.78. The quantitative estimate of drug-likeness (QED) is 0.639. The van der Waals surface area contributed by atoms with Crippen molar-refractivity contribution in [1.29, 1.82) is 0 Å². The second kappa shape index (κ2) is 9.75. The van der Waals surface area contributed by atoms with E-state index in [2.05, 4.69) is 57.2 Å². The molecular formula is C24H30N6O. The summed E-state index contributed by atoms with van der Waals surface area (Å²) in [6.07, 6.45) is 3.23. The van der Waals surface area contributed by atoms with Crippen LogP contribution in [0.15, 0.2) is 61.2 Å². The van der Waals surface area contributed by atoms with Crippen molar-refractivity contribution >= 4 is 11.6 Å². The molecule has 0 atom stereocenters. The summed E-state index contributed by atoms with van der Waals surface area (Å²) in [5.41, 5.74) is 4.05. The lowest BCUT2D eigenvalue weighted by Gasteiger charge is -2.38. The van der Waals surface area contributed by atoms with Crippen LogP contribution in [0.25, 0.3) is 0 Å². The molecule has 1 aliphatic rings. The van der Waals surface area contributed by atoms with Crippen LogP contribution in [0.1, 0.15) is 35.3 Å². The van der Waals surface area contributed by atoms with E-state index in [4.69, 9.17) is 0 Å². The zero-order chi connectivity index (χ0) is 21.6. The predicted molar refractivity (Wildman–Crippen MR) is 122 cm³/mol. The maximum absolute atomic E-state index is 12.6. The van der Waals surface area contributed by atoms with Gasteiger partial charge in [-0.25, -0.2) is 9.67 Å². The highest BCUT2D eigenvalue weighted by Gasteiger charge is 2.19. The van der Waals surface area contributed by atoms with Gasteiger partial charge in [-0.2, -0.15) is 5.10 Å². The lowest BCUT2D eigenvalue weighted by molar-refractivity contribution is 0.0951. The molecule has 2 heterocycles. The van der Waals surface area contributed by atoms with Crippen molar-refractivity contribution in [2.45, 2.75) is 33.0 Å². The lowest BCUT2D eigenvalue weighted by atomic mass is 10.1. The van der Waals surface area contributed by atoms with E-state index in [0.717, 1.165) is 37.3 Å². The third-order valence-electron chi connectivity index (χ3n) is 5.79. The number of piperazine rings is 1. The number of nitrogens with zero attached hydrogens (tertiary/aromatic N) is 5. The molecule has 7 heteroatoms. The minimum atomic E-state index is -0.0575. The van der Waals surface area contributed by atoms with Crippen LogP contribution in [0.2, 0.25) is 0 Å². The number of carbonyl (C=O) groups is 1. The second-order valence-corrected chi connectivity index (χ2v) is 8.26. The van der Waals surface area contributed by atoms with Gasteiger partial charge in [-0.15, -0.1) is 0 Å². The summed E-state index contributed by atoms with van der Waals surface area (Å²) in [6.45, 7) is 9.85. The van der Waals surface area contributed by atoms with E-state index in [1.165, 1.54) is 12.0 Å². The highest BCUT2D eigenvalue weighted by molar-refractivity contribution is 5.94. The van der Waals surface area contributed by atoms with E-state index in [-0.39, 0.29) is 5.91 Å². The van der Waals surface area contributed by atoms with Crippen LogP contribution >= 0.6 is 0 Å². The van der Waals surface area contributed by atoms with Gasteiger partial charge >= 0.3 is 0 Å². The fraction of sp³-hybridized carbons (Fsp3) is 0.375. The molecule has 1 aliphatic heterocycles. The SMILES string of the molecule is CC(C)N1CCN(c2ccc(C(=O)NCc3cccc(Cn4cncn4)c3)cc2)CC1. The number of anilines is 1. The summed E-state index contributed by atoms with van der Waals surface area (Å²) in [5.74, 6) is -0.0575. The van der Waals surface area contributed by atoms with Crippen LogP contribution in [0.3, 0.4) is 0 Å². The number of carbonyl (C=O) groups excluding carboxylic acids is 1. The fourth-order valence-corrected chi connectivity index (χ4v) is 3.94. The van der Waals surface area contributed by atoms with Gasteiger partial charge in [-0.1, -0.05) is 24.3 Å². The van der Waals surface area contributed by atoms with Crippen molar-refractivity contribution in [3.63, 3.8) is 0 Å². The molecule has 0 aliphatic carbocycles. The molecule has 0 unspecified atom stereocenters. The number of benzene rings is 2. The zero-order valence-corrected chi connectivity index (χ0v) is 18.2. The zero-order valence-electron chi connectivity index (χ0n) is 18.2. The summed E-state index contributed by atoms with van der Waals surface area (Å²) in [7, 11) is 0. The molecule has 2 aromatic carbocycles. The van der Waals surface area contributed by atoms with Crippen LogP contribution in [0, 0.1) is 0 Å². The maximum Gasteiger partial charge on any atom is 0.251 e. The molecule has 1 N–H and O–H groups in total. The molecule has 0 radical (unpaired) electrons. The Labute approximate surface area is 183 Å². The average molecular weight is 419 g/mol. The van der Waals surface area contributed by atoms with Crippen LogP contribution in [-0.2, 0) is 13.1 Å². The average Bonchev–Trinajstić information content (AvgIpc) is 3.31. The Balaban J connectivity index is 1.30. The predicted octanol–water partition coefficient (Wildman–Crippen LogP) is 2.79. The van der Waals surface area contributed by atoms with Gasteiger partial charge in [-0.05, 0) is 49.2 Å².